The zero-order valence-corrected chi connectivity index (χ0v) is 14.0. The predicted octanol–water partition coefficient (Wildman–Crippen LogP) is 2.28. The summed E-state index contributed by atoms with van der Waals surface area (Å²) in [7, 11) is 1.62. The molecule has 0 spiro atoms. The van der Waals surface area contributed by atoms with Gasteiger partial charge in [0.25, 0.3) is 0 Å². The number of aryl methyl sites for hydroxylation is 1. The van der Waals surface area contributed by atoms with E-state index in [0.717, 1.165) is 22.4 Å². The highest BCUT2D eigenvalue weighted by Gasteiger charge is 2.35. The van der Waals surface area contributed by atoms with Gasteiger partial charge in [-0.05, 0) is 48.2 Å². The zero-order valence-electron chi connectivity index (χ0n) is 14.0. The molecule has 2 aromatic rings. The maximum absolute atomic E-state index is 12.8. The van der Waals surface area contributed by atoms with Gasteiger partial charge in [-0.3, -0.25) is 9.78 Å². The molecule has 5 nitrogen and oxygen atoms in total. The van der Waals surface area contributed by atoms with Gasteiger partial charge in [-0.15, -0.1) is 0 Å². The minimum absolute atomic E-state index is 0.0219. The van der Waals surface area contributed by atoms with E-state index < -0.39 is 6.10 Å². The number of ether oxygens (including phenoxy) is 1. The fraction of sp³-hybridized carbons (Fsp3) is 0.368. The molecule has 1 amide bonds. The summed E-state index contributed by atoms with van der Waals surface area (Å²) in [6.45, 7) is 2.32. The standard InChI is InChI=1S/C19H22N2O3/c1-13-11-20-7-6-14(13)9-19(23)21-12-16(22)10-18(21)15-4-3-5-17(8-15)24-2/h3-8,11,16,18,22H,9-10,12H2,1-2H3. The number of likely N-dealkylation sites (tertiary alicyclic amines) is 1. The number of amides is 1. The number of methoxy groups -OCH3 is 1. The molecule has 0 aliphatic carbocycles. The number of pyridine rings is 1. The van der Waals surface area contributed by atoms with Crippen LogP contribution in [0, 0.1) is 6.92 Å². The largest absolute Gasteiger partial charge is 0.497 e. The monoisotopic (exact) mass is 326 g/mol. The predicted molar refractivity (Wildman–Crippen MR) is 90.7 cm³/mol. The topological polar surface area (TPSA) is 62.7 Å². The van der Waals surface area contributed by atoms with Crippen LogP contribution in [0.5, 0.6) is 5.75 Å². The Balaban J connectivity index is 1.82. The van der Waals surface area contributed by atoms with E-state index in [1.54, 1.807) is 24.4 Å². The molecule has 1 N–H and O–H groups in total. The van der Waals surface area contributed by atoms with E-state index in [9.17, 15) is 9.90 Å². The summed E-state index contributed by atoms with van der Waals surface area (Å²) in [5, 5.41) is 10.1. The van der Waals surface area contributed by atoms with Crippen molar-refractivity contribution >= 4 is 5.91 Å². The first-order chi connectivity index (χ1) is 11.6. The molecule has 5 heteroatoms. The maximum atomic E-state index is 12.8. The highest BCUT2D eigenvalue weighted by molar-refractivity contribution is 5.80. The van der Waals surface area contributed by atoms with Gasteiger partial charge in [0, 0.05) is 18.9 Å². The van der Waals surface area contributed by atoms with Gasteiger partial charge in [0.05, 0.1) is 25.7 Å². The summed E-state index contributed by atoms with van der Waals surface area (Å²) in [5.74, 6) is 0.778. The highest BCUT2D eigenvalue weighted by Crippen LogP contribution is 2.34. The second kappa shape index (κ2) is 7.01. The number of benzene rings is 1. The lowest BCUT2D eigenvalue weighted by atomic mass is 10.0. The zero-order chi connectivity index (χ0) is 17.1. The number of carbonyl (C=O) groups excluding carboxylic acids is 1. The Kier molecular flexibility index (Phi) is 4.81. The van der Waals surface area contributed by atoms with Crippen LogP contribution in [0.15, 0.2) is 42.7 Å². The van der Waals surface area contributed by atoms with E-state index >= 15 is 0 Å². The Labute approximate surface area is 141 Å². The number of β-amino-alcohol motifs (C(OH)–C–C–N with tert-alkyl or cyclic N) is 1. The molecule has 0 saturated carbocycles. The molecule has 1 fully saturated rings. The molecule has 126 valence electrons. The summed E-state index contributed by atoms with van der Waals surface area (Å²) in [4.78, 5) is 18.7. The average molecular weight is 326 g/mol. The van der Waals surface area contributed by atoms with Gasteiger partial charge >= 0.3 is 0 Å². The van der Waals surface area contributed by atoms with Crippen molar-refractivity contribution in [3.8, 4) is 5.75 Å². The van der Waals surface area contributed by atoms with Gasteiger partial charge in [0.1, 0.15) is 5.75 Å². The van der Waals surface area contributed by atoms with E-state index in [4.69, 9.17) is 4.74 Å². The van der Waals surface area contributed by atoms with Crippen LogP contribution in [0.4, 0.5) is 0 Å². The van der Waals surface area contributed by atoms with E-state index in [2.05, 4.69) is 4.98 Å². The third-order valence-electron chi connectivity index (χ3n) is 4.56. The lowest BCUT2D eigenvalue weighted by molar-refractivity contribution is -0.131. The average Bonchev–Trinajstić information content (AvgIpc) is 2.99. The van der Waals surface area contributed by atoms with Crippen LogP contribution in [0.1, 0.15) is 29.2 Å². The Bertz CT molecular complexity index is 732. The number of aliphatic hydroxyl groups is 1. The SMILES string of the molecule is COc1cccc(C2CC(O)CN2C(=O)Cc2ccncc2C)c1. The fourth-order valence-electron chi connectivity index (χ4n) is 3.22. The number of aliphatic hydroxyl groups excluding tert-OH is 1. The van der Waals surface area contributed by atoms with Crippen LogP contribution in [0.25, 0.3) is 0 Å². The number of hydrogen-bond acceptors (Lipinski definition) is 4. The third-order valence-corrected chi connectivity index (χ3v) is 4.56. The van der Waals surface area contributed by atoms with Gasteiger partial charge in [-0.25, -0.2) is 0 Å². The van der Waals surface area contributed by atoms with Crippen LogP contribution in [-0.4, -0.2) is 40.7 Å². The van der Waals surface area contributed by atoms with Crippen molar-refractivity contribution in [2.75, 3.05) is 13.7 Å². The molecule has 3 rings (SSSR count). The molecule has 2 atom stereocenters. The van der Waals surface area contributed by atoms with Crippen LogP contribution < -0.4 is 4.74 Å². The molecule has 2 heterocycles. The van der Waals surface area contributed by atoms with Crippen LogP contribution in [-0.2, 0) is 11.2 Å². The van der Waals surface area contributed by atoms with Crippen LogP contribution in [0.3, 0.4) is 0 Å². The van der Waals surface area contributed by atoms with E-state index in [1.165, 1.54) is 0 Å². The van der Waals surface area contributed by atoms with Crippen molar-refractivity contribution < 1.29 is 14.6 Å². The molecule has 1 saturated heterocycles. The Morgan fingerprint density at radius 1 is 1.42 bits per heavy atom. The summed E-state index contributed by atoms with van der Waals surface area (Å²) < 4.78 is 5.28. The van der Waals surface area contributed by atoms with Gasteiger partial charge in [0.15, 0.2) is 0 Å². The van der Waals surface area contributed by atoms with Crippen molar-refractivity contribution in [2.24, 2.45) is 0 Å². The second-order valence-electron chi connectivity index (χ2n) is 6.21. The van der Waals surface area contributed by atoms with Crippen LogP contribution >= 0.6 is 0 Å². The highest BCUT2D eigenvalue weighted by atomic mass is 16.5. The quantitative estimate of drug-likeness (QED) is 0.936. The van der Waals surface area contributed by atoms with Crippen molar-refractivity contribution in [3.05, 3.63) is 59.4 Å². The van der Waals surface area contributed by atoms with Gasteiger partial charge < -0.3 is 14.7 Å². The second-order valence-corrected chi connectivity index (χ2v) is 6.21. The normalized spacial score (nSPS) is 20.2. The molecular formula is C19H22N2O3. The Hall–Kier alpha value is -2.40. The first-order valence-corrected chi connectivity index (χ1v) is 8.09. The van der Waals surface area contributed by atoms with E-state index in [-0.39, 0.29) is 11.9 Å². The van der Waals surface area contributed by atoms with Crippen molar-refractivity contribution in [3.63, 3.8) is 0 Å². The molecule has 24 heavy (non-hydrogen) atoms. The first kappa shape index (κ1) is 16.5. The van der Waals surface area contributed by atoms with Crippen molar-refractivity contribution in [1.29, 1.82) is 0 Å². The number of hydrogen-bond donors (Lipinski definition) is 1. The molecular weight excluding hydrogens is 304 g/mol. The number of aromatic nitrogens is 1. The van der Waals surface area contributed by atoms with Crippen molar-refractivity contribution in [1.82, 2.24) is 9.88 Å². The van der Waals surface area contributed by atoms with Crippen LogP contribution in [0.2, 0.25) is 0 Å². The number of carbonyl (C=O) groups is 1. The summed E-state index contributed by atoms with van der Waals surface area (Å²) in [5.41, 5.74) is 2.97. The maximum Gasteiger partial charge on any atom is 0.227 e. The molecule has 1 aliphatic heterocycles. The number of nitrogens with zero attached hydrogens (tertiary/aromatic N) is 2. The van der Waals surface area contributed by atoms with Gasteiger partial charge in [-0.1, -0.05) is 12.1 Å². The van der Waals surface area contributed by atoms with E-state index in [0.29, 0.717) is 19.4 Å². The molecule has 1 aromatic carbocycles. The lowest BCUT2D eigenvalue weighted by Crippen LogP contribution is -2.33. The lowest BCUT2D eigenvalue weighted by Gasteiger charge is -2.25. The van der Waals surface area contributed by atoms with Gasteiger partial charge in [0.2, 0.25) is 5.91 Å². The smallest absolute Gasteiger partial charge is 0.227 e. The summed E-state index contributed by atoms with van der Waals surface area (Å²) in [6, 6.07) is 9.45. The first-order valence-electron chi connectivity index (χ1n) is 8.09. The summed E-state index contributed by atoms with van der Waals surface area (Å²) >= 11 is 0. The van der Waals surface area contributed by atoms with E-state index in [1.807, 2.05) is 37.3 Å². The molecule has 0 radical (unpaired) electrons. The van der Waals surface area contributed by atoms with Gasteiger partial charge in [-0.2, -0.15) is 0 Å². The molecule has 0 bridgehead atoms. The van der Waals surface area contributed by atoms with Crippen molar-refractivity contribution in [2.45, 2.75) is 31.9 Å². The number of rotatable bonds is 4. The minimum Gasteiger partial charge on any atom is -0.497 e. The minimum atomic E-state index is -0.497. The Morgan fingerprint density at radius 2 is 2.25 bits per heavy atom. The molecule has 1 aromatic heterocycles. The fourth-order valence-corrected chi connectivity index (χ4v) is 3.22. The molecule has 2 unspecified atom stereocenters. The summed E-state index contributed by atoms with van der Waals surface area (Å²) in [6.07, 6.45) is 3.84. The molecule has 1 aliphatic rings. The Morgan fingerprint density at radius 3 is 3.00 bits per heavy atom. The third kappa shape index (κ3) is 3.41.